The Balaban J connectivity index is 2.14. The molecule has 0 radical (unpaired) electrons. The van der Waals surface area contributed by atoms with Crippen molar-refractivity contribution >= 4 is 5.69 Å². The highest BCUT2D eigenvalue weighted by molar-refractivity contribution is 5.46. The average Bonchev–Trinajstić information content (AvgIpc) is 2.34. The highest BCUT2D eigenvalue weighted by atomic mass is 14.9. The maximum atomic E-state index is 5.91. The number of hydrogen-bond acceptors (Lipinski definition) is 2. The van der Waals surface area contributed by atoms with E-state index in [1.54, 1.807) is 0 Å². The molecule has 0 fully saturated rings. The van der Waals surface area contributed by atoms with Crippen molar-refractivity contribution in [1.82, 2.24) is 5.32 Å². The van der Waals surface area contributed by atoms with Crippen molar-refractivity contribution in [3.8, 4) is 0 Å². The van der Waals surface area contributed by atoms with Gasteiger partial charge in [-0.2, -0.15) is 0 Å². The van der Waals surface area contributed by atoms with Crippen LogP contribution in [0.5, 0.6) is 0 Å². The number of aryl methyl sites for hydroxylation is 1. The fourth-order valence-electron chi connectivity index (χ4n) is 2.00. The molecule has 3 N–H and O–H groups in total. The highest BCUT2D eigenvalue weighted by Crippen LogP contribution is 2.12. The lowest BCUT2D eigenvalue weighted by atomic mass is 10.1. The Morgan fingerprint density at radius 1 is 1.24 bits per heavy atom. The fourth-order valence-corrected chi connectivity index (χ4v) is 2.00. The van der Waals surface area contributed by atoms with E-state index in [4.69, 9.17) is 5.73 Å². The minimum Gasteiger partial charge on any atom is -0.399 e. The van der Waals surface area contributed by atoms with Crippen LogP contribution in [0.2, 0.25) is 0 Å². The lowest BCUT2D eigenvalue weighted by molar-refractivity contribution is 0.489. The first-order valence-electron chi connectivity index (χ1n) is 6.80. The summed E-state index contributed by atoms with van der Waals surface area (Å²) in [4.78, 5) is 0. The molecule has 0 heterocycles. The molecule has 2 heteroatoms. The van der Waals surface area contributed by atoms with Crippen molar-refractivity contribution in [2.24, 2.45) is 0 Å². The van der Waals surface area contributed by atoms with Gasteiger partial charge in [-0.15, -0.1) is 0 Å². The second-order valence-electron chi connectivity index (χ2n) is 4.80. The molecule has 0 aromatic heterocycles. The number of nitrogens with two attached hydrogens (primary N) is 1. The third-order valence-corrected chi connectivity index (χ3v) is 3.16. The van der Waals surface area contributed by atoms with Crippen molar-refractivity contribution in [3.05, 3.63) is 29.8 Å². The Morgan fingerprint density at radius 2 is 2.00 bits per heavy atom. The lowest BCUT2D eigenvalue weighted by Gasteiger charge is -2.13. The third kappa shape index (κ3) is 5.73. The van der Waals surface area contributed by atoms with Gasteiger partial charge in [-0.05, 0) is 44.4 Å². The summed E-state index contributed by atoms with van der Waals surface area (Å²) in [5.41, 5.74) is 8.10. The van der Waals surface area contributed by atoms with Gasteiger partial charge in [0.15, 0.2) is 0 Å². The summed E-state index contributed by atoms with van der Waals surface area (Å²) in [5, 5.41) is 3.57. The molecule has 0 aliphatic carbocycles. The maximum absolute atomic E-state index is 5.91. The molecule has 0 amide bonds. The average molecular weight is 234 g/mol. The number of rotatable bonds is 8. The Kier molecular flexibility index (Phi) is 6.71. The summed E-state index contributed by atoms with van der Waals surface area (Å²) in [6.45, 7) is 5.59. The van der Waals surface area contributed by atoms with Crippen LogP contribution in [0.1, 0.15) is 45.1 Å². The zero-order valence-corrected chi connectivity index (χ0v) is 11.2. The molecule has 0 bridgehead atoms. The van der Waals surface area contributed by atoms with E-state index >= 15 is 0 Å². The SMILES string of the molecule is CCCCC(C)NCCCc1ccccc1N. The molecular formula is C15H26N2. The molecule has 0 spiro atoms. The summed E-state index contributed by atoms with van der Waals surface area (Å²) < 4.78 is 0. The number of benzene rings is 1. The van der Waals surface area contributed by atoms with Crippen LogP contribution in [0, 0.1) is 0 Å². The van der Waals surface area contributed by atoms with Crippen molar-refractivity contribution in [2.45, 2.75) is 52.0 Å². The molecular weight excluding hydrogens is 208 g/mol. The van der Waals surface area contributed by atoms with E-state index in [-0.39, 0.29) is 0 Å². The van der Waals surface area contributed by atoms with Gasteiger partial charge in [0.25, 0.3) is 0 Å². The fraction of sp³-hybridized carbons (Fsp3) is 0.600. The highest BCUT2D eigenvalue weighted by Gasteiger charge is 2.01. The van der Waals surface area contributed by atoms with Gasteiger partial charge in [-0.3, -0.25) is 0 Å². The van der Waals surface area contributed by atoms with Crippen LogP contribution < -0.4 is 11.1 Å². The quantitative estimate of drug-likeness (QED) is 0.534. The van der Waals surface area contributed by atoms with Crippen LogP contribution >= 0.6 is 0 Å². The van der Waals surface area contributed by atoms with Crippen LogP contribution in [-0.4, -0.2) is 12.6 Å². The molecule has 0 saturated heterocycles. The van der Waals surface area contributed by atoms with Crippen molar-refractivity contribution in [3.63, 3.8) is 0 Å². The van der Waals surface area contributed by atoms with Gasteiger partial charge in [0.1, 0.15) is 0 Å². The van der Waals surface area contributed by atoms with Crippen molar-refractivity contribution < 1.29 is 0 Å². The van der Waals surface area contributed by atoms with E-state index < -0.39 is 0 Å². The number of anilines is 1. The number of nitrogen functional groups attached to an aromatic ring is 1. The first-order valence-corrected chi connectivity index (χ1v) is 6.80. The van der Waals surface area contributed by atoms with Crippen LogP contribution in [0.4, 0.5) is 5.69 Å². The van der Waals surface area contributed by atoms with Crippen LogP contribution in [0.15, 0.2) is 24.3 Å². The zero-order chi connectivity index (χ0) is 12.5. The normalized spacial score (nSPS) is 12.6. The number of nitrogens with one attached hydrogen (secondary N) is 1. The van der Waals surface area contributed by atoms with Gasteiger partial charge in [0.05, 0.1) is 0 Å². The maximum Gasteiger partial charge on any atom is 0.0346 e. The molecule has 1 atom stereocenters. The summed E-state index contributed by atoms with van der Waals surface area (Å²) in [7, 11) is 0. The van der Waals surface area contributed by atoms with E-state index in [0.29, 0.717) is 6.04 Å². The predicted molar refractivity (Wildman–Crippen MR) is 76.2 cm³/mol. The molecule has 1 unspecified atom stereocenters. The minimum absolute atomic E-state index is 0.642. The molecule has 96 valence electrons. The van der Waals surface area contributed by atoms with E-state index in [9.17, 15) is 0 Å². The predicted octanol–water partition coefficient (Wildman–Crippen LogP) is 3.37. The minimum atomic E-state index is 0.642. The Morgan fingerprint density at radius 3 is 2.71 bits per heavy atom. The topological polar surface area (TPSA) is 38.0 Å². The first kappa shape index (κ1) is 14.0. The van der Waals surface area contributed by atoms with E-state index in [1.807, 2.05) is 12.1 Å². The number of para-hydroxylation sites is 1. The van der Waals surface area contributed by atoms with Crippen molar-refractivity contribution in [1.29, 1.82) is 0 Å². The molecule has 1 rings (SSSR count). The van der Waals surface area contributed by atoms with E-state index in [1.165, 1.54) is 24.8 Å². The molecule has 1 aromatic carbocycles. The van der Waals surface area contributed by atoms with Gasteiger partial charge in [-0.25, -0.2) is 0 Å². The second-order valence-corrected chi connectivity index (χ2v) is 4.80. The van der Waals surface area contributed by atoms with E-state index in [2.05, 4.69) is 31.3 Å². The van der Waals surface area contributed by atoms with Gasteiger partial charge in [0.2, 0.25) is 0 Å². The summed E-state index contributed by atoms with van der Waals surface area (Å²) in [5.74, 6) is 0. The van der Waals surface area contributed by atoms with Crippen LogP contribution in [0.25, 0.3) is 0 Å². The van der Waals surface area contributed by atoms with Crippen LogP contribution in [-0.2, 0) is 6.42 Å². The van der Waals surface area contributed by atoms with Crippen molar-refractivity contribution in [2.75, 3.05) is 12.3 Å². The number of unbranched alkanes of at least 4 members (excludes halogenated alkanes) is 1. The Bertz CT molecular complexity index is 310. The second kappa shape index (κ2) is 8.13. The monoisotopic (exact) mass is 234 g/mol. The summed E-state index contributed by atoms with van der Waals surface area (Å²) in [6, 6.07) is 8.79. The van der Waals surface area contributed by atoms with Gasteiger partial charge < -0.3 is 11.1 Å². The Hall–Kier alpha value is -1.02. The number of hydrogen-bond donors (Lipinski definition) is 2. The standard InChI is InChI=1S/C15H26N2/c1-3-4-8-13(2)17-12-7-10-14-9-5-6-11-15(14)16/h5-6,9,11,13,17H,3-4,7-8,10,12,16H2,1-2H3. The molecule has 0 aliphatic heterocycles. The van der Waals surface area contributed by atoms with E-state index in [0.717, 1.165) is 25.1 Å². The largest absolute Gasteiger partial charge is 0.399 e. The third-order valence-electron chi connectivity index (χ3n) is 3.16. The molecule has 2 nitrogen and oxygen atoms in total. The lowest BCUT2D eigenvalue weighted by Crippen LogP contribution is -2.27. The van der Waals surface area contributed by atoms with Gasteiger partial charge in [-0.1, -0.05) is 38.0 Å². The van der Waals surface area contributed by atoms with Gasteiger partial charge >= 0.3 is 0 Å². The molecule has 0 saturated carbocycles. The summed E-state index contributed by atoms with van der Waals surface area (Å²) in [6.07, 6.45) is 6.11. The van der Waals surface area contributed by atoms with Gasteiger partial charge in [0, 0.05) is 11.7 Å². The molecule has 1 aromatic rings. The smallest absolute Gasteiger partial charge is 0.0346 e. The zero-order valence-electron chi connectivity index (χ0n) is 11.2. The Labute approximate surface area is 106 Å². The molecule has 0 aliphatic rings. The van der Waals surface area contributed by atoms with Crippen LogP contribution in [0.3, 0.4) is 0 Å². The summed E-state index contributed by atoms with van der Waals surface area (Å²) >= 11 is 0. The first-order chi connectivity index (χ1) is 8.24. The molecule has 17 heavy (non-hydrogen) atoms.